The summed E-state index contributed by atoms with van der Waals surface area (Å²) in [5.41, 5.74) is 0.893. The zero-order valence-electron chi connectivity index (χ0n) is 12.3. The molecule has 0 aliphatic rings. The molecule has 0 unspecified atom stereocenters. The highest BCUT2D eigenvalue weighted by Gasteiger charge is 1.99. The number of hydrogen-bond acceptors (Lipinski definition) is 2. The Morgan fingerprint density at radius 3 is 2.85 bits per heavy atom. The highest BCUT2D eigenvalue weighted by molar-refractivity contribution is 5.79. The maximum absolute atomic E-state index is 13.0. The summed E-state index contributed by atoms with van der Waals surface area (Å²) in [6.07, 6.45) is 2.06. The third-order valence-electron chi connectivity index (χ3n) is 2.78. The molecule has 0 fully saturated rings. The fourth-order valence-corrected chi connectivity index (χ4v) is 1.73. The lowest BCUT2D eigenvalue weighted by Gasteiger charge is -2.12. The molecule has 4 nitrogen and oxygen atoms in total. The summed E-state index contributed by atoms with van der Waals surface area (Å²) in [5.74, 6) is 0.508. The summed E-state index contributed by atoms with van der Waals surface area (Å²) in [5, 5.41) is 6.38. The van der Waals surface area contributed by atoms with Crippen LogP contribution in [0, 0.1) is 5.82 Å². The van der Waals surface area contributed by atoms with Gasteiger partial charge < -0.3 is 15.4 Å². The van der Waals surface area contributed by atoms with Gasteiger partial charge in [-0.25, -0.2) is 4.39 Å². The smallest absolute Gasteiger partial charge is 0.191 e. The molecule has 0 aromatic heterocycles. The number of aliphatic imine (C=N–C) groups is 1. The molecular formula is C15H24FN3O. The first kappa shape index (κ1) is 16.4. The highest BCUT2D eigenvalue weighted by Crippen LogP contribution is 2.02. The summed E-state index contributed by atoms with van der Waals surface area (Å²) in [7, 11) is 1.72. The Morgan fingerprint density at radius 2 is 2.15 bits per heavy atom. The molecule has 0 saturated heterocycles. The van der Waals surface area contributed by atoms with Gasteiger partial charge in [0.2, 0.25) is 0 Å². The molecule has 0 aliphatic carbocycles. The predicted molar refractivity (Wildman–Crippen MR) is 80.3 cm³/mol. The van der Waals surface area contributed by atoms with E-state index in [1.807, 2.05) is 13.0 Å². The summed E-state index contributed by atoms with van der Waals surface area (Å²) < 4.78 is 18.3. The first-order chi connectivity index (χ1) is 9.76. The lowest BCUT2D eigenvalue weighted by atomic mass is 10.2. The van der Waals surface area contributed by atoms with Crippen LogP contribution in [-0.4, -0.2) is 32.8 Å². The van der Waals surface area contributed by atoms with Crippen LogP contribution in [0.1, 0.15) is 25.3 Å². The number of ether oxygens (including phenoxy) is 1. The van der Waals surface area contributed by atoms with E-state index in [2.05, 4.69) is 15.6 Å². The minimum Gasteiger partial charge on any atom is -0.382 e. The maximum atomic E-state index is 13.0. The fourth-order valence-electron chi connectivity index (χ4n) is 1.73. The summed E-state index contributed by atoms with van der Waals surface area (Å²) in [6.45, 7) is 4.96. The van der Waals surface area contributed by atoms with Crippen LogP contribution in [-0.2, 0) is 11.3 Å². The predicted octanol–water partition coefficient (Wildman–Crippen LogP) is 2.31. The molecule has 0 aliphatic heterocycles. The molecule has 0 atom stereocenters. The van der Waals surface area contributed by atoms with Gasteiger partial charge in [-0.05, 0) is 37.5 Å². The standard InChI is InChI=1S/C15H24FN3O/c1-3-20-10-5-4-9-18-15(17-2)19-12-13-7-6-8-14(16)11-13/h6-8,11H,3-5,9-10,12H2,1-2H3,(H2,17,18,19). The topological polar surface area (TPSA) is 45.6 Å². The van der Waals surface area contributed by atoms with Gasteiger partial charge in [0, 0.05) is 33.4 Å². The Morgan fingerprint density at radius 1 is 1.30 bits per heavy atom. The van der Waals surface area contributed by atoms with Crippen molar-refractivity contribution < 1.29 is 9.13 Å². The number of hydrogen-bond donors (Lipinski definition) is 2. The van der Waals surface area contributed by atoms with E-state index >= 15 is 0 Å². The van der Waals surface area contributed by atoms with E-state index in [1.165, 1.54) is 12.1 Å². The van der Waals surface area contributed by atoms with Crippen molar-refractivity contribution in [2.24, 2.45) is 4.99 Å². The SMILES string of the molecule is CCOCCCCNC(=NC)NCc1cccc(F)c1. The lowest BCUT2D eigenvalue weighted by molar-refractivity contribution is 0.143. The minimum atomic E-state index is -0.219. The number of unbranched alkanes of at least 4 members (excludes halogenated alkanes) is 1. The Labute approximate surface area is 120 Å². The molecule has 0 spiro atoms. The van der Waals surface area contributed by atoms with Gasteiger partial charge in [0.1, 0.15) is 5.82 Å². The van der Waals surface area contributed by atoms with Gasteiger partial charge >= 0.3 is 0 Å². The van der Waals surface area contributed by atoms with E-state index in [0.29, 0.717) is 6.54 Å². The van der Waals surface area contributed by atoms with Gasteiger partial charge in [0.05, 0.1) is 0 Å². The third-order valence-corrected chi connectivity index (χ3v) is 2.78. The zero-order valence-corrected chi connectivity index (χ0v) is 12.3. The normalized spacial score (nSPS) is 11.4. The molecule has 1 rings (SSSR count). The van der Waals surface area contributed by atoms with Gasteiger partial charge in [-0.3, -0.25) is 4.99 Å². The molecule has 1 aromatic carbocycles. The number of benzene rings is 1. The molecular weight excluding hydrogens is 257 g/mol. The van der Waals surface area contributed by atoms with Gasteiger partial charge in [-0.15, -0.1) is 0 Å². The van der Waals surface area contributed by atoms with E-state index < -0.39 is 0 Å². The number of nitrogens with zero attached hydrogens (tertiary/aromatic N) is 1. The van der Waals surface area contributed by atoms with Crippen LogP contribution in [0.25, 0.3) is 0 Å². The van der Waals surface area contributed by atoms with E-state index in [-0.39, 0.29) is 5.82 Å². The summed E-state index contributed by atoms with van der Waals surface area (Å²) in [4.78, 5) is 4.13. The Hall–Kier alpha value is -1.62. The quantitative estimate of drug-likeness (QED) is 0.437. The first-order valence-electron chi connectivity index (χ1n) is 7.03. The number of guanidine groups is 1. The lowest BCUT2D eigenvalue weighted by Crippen LogP contribution is -2.37. The van der Waals surface area contributed by atoms with Crippen LogP contribution in [0.3, 0.4) is 0 Å². The molecule has 112 valence electrons. The van der Waals surface area contributed by atoms with Crippen LogP contribution in [0.2, 0.25) is 0 Å². The highest BCUT2D eigenvalue weighted by atomic mass is 19.1. The van der Waals surface area contributed by atoms with Crippen LogP contribution in [0.5, 0.6) is 0 Å². The monoisotopic (exact) mass is 281 g/mol. The van der Waals surface area contributed by atoms with E-state index in [1.54, 1.807) is 13.1 Å². The number of rotatable bonds is 8. The van der Waals surface area contributed by atoms with Gasteiger partial charge in [-0.1, -0.05) is 12.1 Å². The van der Waals surface area contributed by atoms with Crippen LogP contribution in [0.15, 0.2) is 29.3 Å². The van der Waals surface area contributed by atoms with Crippen molar-refractivity contribution in [1.82, 2.24) is 10.6 Å². The van der Waals surface area contributed by atoms with E-state index in [4.69, 9.17) is 4.74 Å². The second-order valence-corrected chi connectivity index (χ2v) is 4.39. The van der Waals surface area contributed by atoms with Crippen molar-refractivity contribution in [3.63, 3.8) is 0 Å². The van der Waals surface area contributed by atoms with Crippen LogP contribution < -0.4 is 10.6 Å². The average molecular weight is 281 g/mol. The Bertz CT molecular complexity index is 410. The average Bonchev–Trinajstić information content (AvgIpc) is 2.46. The van der Waals surface area contributed by atoms with Crippen LogP contribution in [0.4, 0.5) is 4.39 Å². The molecule has 1 aromatic rings. The second-order valence-electron chi connectivity index (χ2n) is 4.39. The molecule has 0 bridgehead atoms. The number of nitrogens with one attached hydrogen (secondary N) is 2. The van der Waals surface area contributed by atoms with Gasteiger partial charge in [0.15, 0.2) is 5.96 Å². The largest absolute Gasteiger partial charge is 0.382 e. The molecule has 2 N–H and O–H groups in total. The molecule has 0 heterocycles. The van der Waals surface area contributed by atoms with Gasteiger partial charge in [-0.2, -0.15) is 0 Å². The van der Waals surface area contributed by atoms with Crippen molar-refractivity contribution in [1.29, 1.82) is 0 Å². The Kier molecular flexibility index (Phi) is 8.38. The molecule has 0 radical (unpaired) electrons. The van der Waals surface area contributed by atoms with E-state index in [0.717, 1.165) is 44.1 Å². The Balaban J connectivity index is 2.20. The van der Waals surface area contributed by atoms with Crippen molar-refractivity contribution in [3.05, 3.63) is 35.6 Å². The van der Waals surface area contributed by atoms with Crippen molar-refractivity contribution in [2.75, 3.05) is 26.8 Å². The summed E-state index contributed by atoms with van der Waals surface area (Å²) >= 11 is 0. The first-order valence-corrected chi connectivity index (χ1v) is 7.03. The minimum absolute atomic E-state index is 0.219. The maximum Gasteiger partial charge on any atom is 0.191 e. The van der Waals surface area contributed by atoms with Gasteiger partial charge in [0.25, 0.3) is 0 Å². The zero-order chi connectivity index (χ0) is 14.6. The van der Waals surface area contributed by atoms with Crippen LogP contribution >= 0.6 is 0 Å². The molecule has 5 heteroatoms. The molecule has 20 heavy (non-hydrogen) atoms. The van der Waals surface area contributed by atoms with Crippen molar-refractivity contribution in [3.8, 4) is 0 Å². The third kappa shape index (κ3) is 7.09. The van der Waals surface area contributed by atoms with E-state index in [9.17, 15) is 4.39 Å². The second kappa shape index (κ2) is 10.2. The summed E-state index contributed by atoms with van der Waals surface area (Å²) in [6, 6.07) is 6.54. The fraction of sp³-hybridized carbons (Fsp3) is 0.533. The van der Waals surface area contributed by atoms with Crippen molar-refractivity contribution in [2.45, 2.75) is 26.3 Å². The number of halogens is 1. The molecule has 0 saturated carbocycles. The van der Waals surface area contributed by atoms with Crippen molar-refractivity contribution >= 4 is 5.96 Å². The molecule has 0 amide bonds.